The summed E-state index contributed by atoms with van der Waals surface area (Å²) in [4.78, 5) is 12.5. The molecule has 0 aromatic heterocycles. The van der Waals surface area contributed by atoms with Gasteiger partial charge in [-0.3, -0.25) is 0 Å². The van der Waals surface area contributed by atoms with E-state index in [-0.39, 0.29) is 25.0 Å². The van der Waals surface area contributed by atoms with Crippen molar-refractivity contribution in [3.63, 3.8) is 0 Å². The third-order valence-electron chi connectivity index (χ3n) is 5.40. The van der Waals surface area contributed by atoms with Crippen LogP contribution in [0.2, 0.25) is 0 Å². The predicted molar refractivity (Wildman–Crippen MR) is 116 cm³/mol. The first-order chi connectivity index (χ1) is 14.8. The lowest BCUT2D eigenvalue weighted by atomic mass is 9.95. The van der Waals surface area contributed by atoms with Gasteiger partial charge in [0.2, 0.25) is 0 Å². The average Bonchev–Trinajstić information content (AvgIpc) is 2.81. The van der Waals surface area contributed by atoms with E-state index in [2.05, 4.69) is 12.1 Å². The summed E-state index contributed by atoms with van der Waals surface area (Å²) in [7, 11) is 0. The molecule has 30 heavy (non-hydrogen) atoms. The molecule has 154 valence electrons. The smallest absolute Gasteiger partial charge is 0.338 e. The molecule has 3 aromatic rings. The number of carbonyl (C=O) groups is 1. The fraction of sp³-hybridized carbons (Fsp3) is 0.269. The maximum Gasteiger partial charge on any atom is 0.338 e. The van der Waals surface area contributed by atoms with Gasteiger partial charge in [-0.05, 0) is 61.1 Å². The van der Waals surface area contributed by atoms with Gasteiger partial charge in [0, 0.05) is 0 Å². The van der Waals surface area contributed by atoms with Gasteiger partial charge < -0.3 is 14.2 Å². The molecule has 0 unspecified atom stereocenters. The summed E-state index contributed by atoms with van der Waals surface area (Å²) >= 11 is 0. The molecule has 4 heteroatoms. The van der Waals surface area contributed by atoms with E-state index in [0.29, 0.717) is 5.56 Å². The second-order valence-electron chi connectivity index (χ2n) is 7.49. The second-order valence-corrected chi connectivity index (χ2v) is 7.49. The monoisotopic (exact) mass is 402 g/mol. The van der Waals surface area contributed by atoms with Crippen molar-refractivity contribution < 1.29 is 19.0 Å². The number of hydrogen-bond donors (Lipinski definition) is 0. The minimum Gasteiger partial charge on any atom is -0.468 e. The maximum absolute atomic E-state index is 12.5. The Morgan fingerprint density at radius 1 is 0.700 bits per heavy atom. The molecule has 1 fully saturated rings. The lowest BCUT2D eigenvalue weighted by Crippen LogP contribution is -2.29. The minimum atomic E-state index is -0.258. The van der Waals surface area contributed by atoms with Gasteiger partial charge in [0.25, 0.3) is 0 Å². The first kappa shape index (κ1) is 20.2. The van der Waals surface area contributed by atoms with Crippen LogP contribution in [-0.4, -0.2) is 25.0 Å². The molecule has 0 bridgehead atoms. The molecule has 0 spiro atoms. The third kappa shape index (κ3) is 5.49. The summed E-state index contributed by atoms with van der Waals surface area (Å²) in [6.07, 6.45) is 3.44. The van der Waals surface area contributed by atoms with Gasteiger partial charge in [0.15, 0.2) is 6.79 Å². The fourth-order valence-electron chi connectivity index (χ4n) is 3.68. The topological polar surface area (TPSA) is 44.8 Å². The highest BCUT2D eigenvalue weighted by Gasteiger charge is 2.25. The Morgan fingerprint density at radius 2 is 1.27 bits per heavy atom. The highest BCUT2D eigenvalue weighted by atomic mass is 16.7. The van der Waals surface area contributed by atoms with Crippen LogP contribution >= 0.6 is 0 Å². The lowest BCUT2D eigenvalue weighted by Gasteiger charge is -2.28. The van der Waals surface area contributed by atoms with Gasteiger partial charge in [-0.15, -0.1) is 0 Å². The molecule has 4 nitrogen and oxygen atoms in total. The van der Waals surface area contributed by atoms with Crippen molar-refractivity contribution in [3.8, 4) is 16.9 Å². The van der Waals surface area contributed by atoms with Crippen LogP contribution in [0.25, 0.3) is 11.1 Å². The largest absolute Gasteiger partial charge is 0.468 e. The number of ether oxygens (including phenoxy) is 3. The van der Waals surface area contributed by atoms with E-state index in [4.69, 9.17) is 14.2 Å². The standard InChI is InChI=1S/C26H26O4/c27-26(22-13-11-21(12-14-22)20-7-3-1-4-8-20)30-25-17-15-24(16-18-25)29-19-28-23-9-5-2-6-10-23/h1-14,24-25H,15-19H2. The summed E-state index contributed by atoms with van der Waals surface area (Å²) in [5.41, 5.74) is 2.80. The Bertz CT molecular complexity index is 914. The van der Waals surface area contributed by atoms with E-state index in [1.807, 2.05) is 72.8 Å². The Balaban J connectivity index is 1.20. The van der Waals surface area contributed by atoms with Crippen molar-refractivity contribution in [2.75, 3.05) is 6.79 Å². The minimum absolute atomic E-state index is 0.0545. The summed E-state index contributed by atoms with van der Waals surface area (Å²) in [6, 6.07) is 27.3. The Labute approximate surface area is 177 Å². The Kier molecular flexibility index (Phi) is 6.78. The second kappa shape index (κ2) is 10.1. The van der Waals surface area contributed by atoms with Crippen molar-refractivity contribution in [2.45, 2.75) is 37.9 Å². The van der Waals surface area contributed by atoms with E-state index in [1.165, 1.54) is 0 Å². The molecular formula is C26H26O4. The van der Waals surface area contributed by atoms with Crippen LogP contribution in [0.5, 0.6) is 5.75 Å². The zero-order valence-corrected chi connectivity index (χ0v) is 16.9. The lowest BCUT2D eigenvalue weighted by molar-refractivity contribution is -0.0666. The van der Waals surface area contributed by atoms with Crippen LogP contribution in [0.4, 0.5) is 0 Å². The van der Waals surface area contributed by atoms with E-state index in [1.54, 1.807) is 0 Å². The quantitative estimate of drug-likeness (QED) is 0.366. The fourth-order valence-corrected chi connectivity index (χ4v) is 3.68. The number of benzene rings is 3. The molecule has 4 rings (SSSR count). The van der Waals surface area contributed by atoms with Crippen LogP contribution in [0, 0.1) is 0 Å². The number of para-hydroxylation sites is 1. The molecule has 1 aliphatic carbocycles. The van der Waals surface area contributed by atoms with Crippen molar-refractivity contribution in [2.24, 2.45) is 0 Å². The van der Waals surface area contributed by atoms with Gasteiger partial charge >= 0.3 is 5.97 Å². The number of rotatable bonds is 7. The SMILES string of the molecule is O=C(OC1CCC(OCOc2ccccc2)CC1)c1ccc(-c2ccccc2)cc1. The molecule has 1 saturated carbocycles. The zero-order chi connectivity index (χ0) is 20.6. The molecule has 0 radical (unpaired) electrons. The van der Waals surface area contributed by atoms with Crippen LogP contribution in [0.3, 0.4) is 0 Å². The average molecular weight is 402 g/mol. The normalized spacial score (nSPS) is 18.5. The summed E-state index contributed by atoms with van der Waals surface area (Å²) in [5, 5.41) is 0. The Morgan fingerprint density at radius 3 is 1.93 bits per heavy atom. The molecule has 0 saturated heterocycles. The van der Waals surface area contributed by atoms with Gasteiger partial charge in [-0.2, -0.15) is 0 Å². The van der Waals surface area contributed by atoms with Crippen molar-refractivity contribution in [1.82, 2.24) is 0 Å². The molecule has 0 aliphatic heterocycles. The molecule has 0 heterocycles. The number of hydrogen-bond acceptors (Lipinski definition) is 4. The molecule has 1 aliphatic rings. The highest BCUT2D eigenvalue weighted by Crippen LogP contribution is 2.25. The molecule has 0 amide bonds. The first-order valence-electron chi connectivity index (χ1n) is 10.4. The van der Waals surface area contributed by atoms with Crippen molar-refractivity contribution in [3.05, 3.63) is 90.5 Å². The molecular weight excluding hydrogens is 376 g/mol. The molecule has 0 N–H and O–H groups in total. The van der Waals surface area contributed by atoms with Crippen molar-refractivity contribution >= 4 is 5.97 Å². The summed E-state index contributed by atoms with van der Waals surface area (Å²) in [5.74, 6) is 0.546. The predicted octanol–water partition coefficient (Wildman–Crippen LogP) is 5.87. The van der Waals surface area contributed by atoms with Gasteiger partial charge in [-0.25, -0.2) is 4.79 Å². The van der Waals surface area contributed by atoms with Crippen LogP contribution < -0.4 is 4.74 Å². The van der Waals surface area contributed by atoms with E-state index in [0.717, 1.165) is 42.6 Å². The molecule has 3 aromatic carbocycles. The van der Waals surface area contributed by atoms with Gasteiger partial charge in [0.05, 0.1) is 11.7 Å². The first-order valence-corrected chi connectivity index (χ1v) is 10.4. The van der Waals surface area contributed by atoms with E-state index < -0.39 is 0 Å². The van der Waals surface area contributed by atoms with E-state index >= 15 is 0 Å². The van der Waals surface area contributed by atoms with Gasteiger partial charge in [-0.1, -0.05) is 60.7 Å². The van der Waals surface area contributed by atoms with Gasteiger partial charge in [0.1, 0.15) is 11.9 Å². The summed E-state index contributed by atoms with van der Waals surface area (Å²) < 4.78 is 17.1. The zero-order valence-electron chi connectivity index (χ0n) is 16.9. The van der Waals surface area contributed by atoms with Crippen LogP contribution in [-0.2, 0) is 9.47 Å². The van der Waals surface area contributed by atoms with E-state index in [9.17, 15) is 4.79 Å². The Hall–Kier alpha value is -3.11. The third-order valence-corrected chi connectivity index (χ3v) is 5.40. The number of esters is 1. The van der Waals surface area contributed by atoms with Crippen molar-refractivity contribution in [1.29, 1.82) is 0 Å². The van der Waals surface area contributed by atoms with Crippen LogP contribution in [0.15, 0.2) is 84.9 Å². The van der Waals surface area contributed by atoms with Crippen LogP contribution in [0.1, 0.15) is 36.0 Å². The molecule has 0 atom stereocenters. The highest BCUT2D eigenvalue weighted by molar-refractivity contribution is 5.90. The number of carbonyl (C=O) groups excluding carboxylic acids is 1. The maximum atomic E-state index is 12.5. The summed E-state index contributed by atoms with van der Waals surface area (Å²) in [6.45, 7) is 0.243.